The largest absolute Gasteiger partial charge is 0.497 e. The molecule has 0 radical (unpaired) electrons. The van der Waals surface area contributed by atoms with E-state index in [0.717, 1.165) is 5.56 Å². The highest BCUT2D eigenvalue weighted by molar-refractivity contribution is 5.73. The van der Waals surface area contributed by atoms with Gasteiger partial charge in [-0.25, -0.2) is 4.79 Å². The number of benzene rings is 1. The van der Waals surface area contributed by atoms with Crippen molar-refractivity contribution in [3.05, 3.63) is 23.8 Å². The van der Waals surface area contributed by atoms with Gasteiger partial charge in [0.25, 0.3) is 0 Å². The van der Waals surface area contributed by atoms with E-state index in [2.05, 4.69) is 0 Å². The van der Waals surface area contributed by atoms with Gasteiger partial charge in [0.2, 0.25) is 6.29 Å². The Bertz CT molecular complexity index is 624. The van der Waals surface area contributed by atoms with Gasteiger partial charge in [-0.2, -0.15) is 0 Å². The third kappa shape index (κ3) is 4.04. The zero-order chi connectivity index (χ0) is 18.9. The summed E-state index contributed by atoms with van der Waals surface area (Å²) in [5, 5.41) is 38.8. The second-order valence-electron chi connectivity index (χ2n) is 6.97. The minimum Gasteiger partial charge on any atom is -0.497 e. The molecule has 1 aliphatic rings. The van der Waals surface area contributed by atoms with Crippen molar-refractivity contribution in [2.75, 3.05) is 7.11 Å². The Morgan fingerprint density at radius 2 is 1.76 bits per heavy atom. The topological polar surface area (TPSA) is 126 Å². The van der Waals surface area contributed by atoms with Crippen LogP contribution in [0.25, 0.3) is 0 Å². The van der Waals surface area contributed by atoms with Gasteiger partial charge >= 0.3 is 5.97 Å². The number of carbonyl (C=O) groups is 1. The average Bonchev–Trinajstić information content (AvgIpc) is 2.54. The van der Waals surface area contributed by atoms with Crippen molar-refractivity contribution in [2.45, 2.75) is 56.9 Å². The van der Waals surface area contributed by atoms with E-state index in [0.29, 0.717) is 11.5 Å². The first-order valence-corrected chi connectivity index (χ1v) is 7.84. The molecular formula is C17H24O8. The number of rotatable bonds is 4. The number of carboxylic acid groups (broad SMARTS) is 1. The Morgan fingerprint density at radius 1 is 1.12 bits per heavy atom. The molecule has 0 aromatic heterocycles. The fourth-order valence-corrected chi connectivity index (χ4v) is 2.60. The second-order valence-corrected chi connectivity index (χ2v) is 6.97. The summed E-state index contributed by atoms with van der Waals surface area (Å²) in [5.41, 5.74) is 0.406. The van der Waals surface area contributed by atoms with Crippen LogP contribution in [0.4, 0.5) is 0 Å². The third-order valence-corrected chi connectivity index (χ3v) is 4.05. The number of aliphatic carboxylic acids is 1. The van der Waals surface area contributed by atoms with Gasteiger partial charge < -0.3 is 34.6 Å². The van der Waals surface area contributed by atoms with Crippen LogP contribution < -0.4 is 9.47 Å². The van der Waals surface area contributed by atoms with Crippen LogP contribution in [0.2, 0.25) is 0 Å². The van der Waals surface area contributed by atoms with Gasteiger partial charge in [0.15, 0.2) is 6.10 Å². The Morgan fingerprint density at radius 3 is 2.28 bits per heavy atom. The maximum Gasteiger partial charge on any atom is 0.335 e. The highest BCUT2D eigenvalue weighted by atomic mass is 16.7. The molecule has 0 unspecified atom stereocenters. The van der Waals surface area contributed by atoms with Crippen molar-refractivity contribution in [1.29, 1.82) is 0 Å². The van der Waals surface area contributed by atoms with Gasteiger partial charge in [-0.1, -0.05) is 20.8 Å². The zero-order valence-corrected chi connectivity index (χ0v) is 14.5. The van der Waals surface area contributed by atoms with Crippen molar-refractivity contribution in [1.82, 2.24) is 0 Å². The molecule has 2 rings (SSSR count). The Balaban J connectivity index is 2.33. The van der Waals surface area contributed by atoms with Crippen LogP contribution in [-0.2, 0) is 14.9 Å². The average molecular weight is 356 g/mol. The number of aliphatic hydroxyl groups is 3. The molecule has 8 heteroatoms. The van der Waals surface area contributed by atoms with Crippen LogP contribution in [0, 0.1) is 0 Å². The van der Waals surface area contributed by atoms with Crippen molar-refractivity contribution in [2.24, 2.45) is 0 Å². The first-order valence-electron chi connectivity index (χ1n) is 7.84. The molecule has 1 aromatic carbocycles. The van der Waals surface area contributed by atoms with E-state index in [4.69, 9.17) is 19.3 Å². The smallest absolute Gasteiger partial charge is 0.335 e. The molecule has 1 aromatic rings. The molecule has 1 fully saturated rings. The highest BCUT2D eigenvalue weighted by Crippen LogP contribution is 2.36. The summed E-state index contributed by atoms with van der Waals surface area (Å²) in [6.45, 7) is 5.85. The zero-order valence-electron chi connectivity index (χ0n) is 14.5. The predicted molar refractivity (Wildman–Crippen MR) is 86.6 cm³/mol. The van der Waals surface area contributed by atoms with Gasteiger partial charge in [-0.05, 0) is 23.6 Å². The van der Waals surface area contributed by atoms with Gasteiger partial charge in [-0.15, -0.1) is 0 Å². The number of aliphatic hydroxyl groups excluding tert-OH is 3. The quantitative estimate of drug-likeness (QED) is 0.605. The lowest BCUT2D eigenvalue weighted by Gasteiger charge is -2.39. The van der Waals surface area contributed by atoms with Crippen LogP contribution in [0.1, 0.15) is 26.3 Å². The summed E-state index contributed by atoms with van der Waals surface area (Å²) in [7, 11) is 1.53. The summed E-state index contributed by atoms with van der Waals surface area (Å²) in [4.78, 5) is 11.2. The highest BCUT2D eigenvalue weighted by Gasteiger charge is 2.48. The van der Waals surface area contributed by atoms with Crippen LogP contribution >= 0.6 is 0 Å². The molecule has 0 saturated carbocycles. The molecule has 0 amide bonds. The maximum atomic E-state index is 11.2. The number of hydrogen-bond acceptors (Lipinski definition) is 7. The minimum absolute atomic E-state index is 0.339. The molecule has 1 heterocycles. The normalized spacial score (nSPS) is 30.0. The summed E-state index contributed by atoms with van der Waals surface area (Å²) in [6.07, 6.45) is -8.24. The molecule has 4 N–H and O–H groups in total. The molecule has 0 spiro atoms. The van der Waals surface area contributed by atoms with E-state index in [1.165, 1.54) is 7.11 Å². The number of hydrogen-bond donors (Lipinski definition) is 4. The van der Waals surface area contributed by atoms with E-state index in [1.807, 2.05) is 20.8 Å². The Kier molecular flexibility index (Phi) is 5.58. The van der Waals surface area contributed by atoms with Crippen molar-refractivity contribution >= 4 is 5.97 Å². The van der Waals surface area contributed by atoms with Crippen LogP contribution in [0.15, 0.2) is 18.2 Å². The summed E-state index contributed by atoms with van der Waals surface area (Å²) < 4.78 is 16.0. The number of carboxylic acids is 1. The lowest BCUT2D eigenvalue weighted by Crippen LogP contribution is -2.61. The van der Waals surface area contributed by atoms with Crippen LogP contribution in [0.3, 0.4) is 0 Å². The first kappa shape index (κ1) is 19.5. The maximum absolute atomic E-state index is 11.2. The summed E-state index contributed by atoms with van der Waals surface area (Å²) in [6, 6.07) is 5.03. The number of methoxy groups -OCH3 is 1. The minimum atomic E-state index is -1.76. The predicted octanol–water partition coefficient (Wildman–Crippen LogP) is 0.264. The van der Waals surface area contributed by atoms with E-state index >= 15 is 0 Å². The van der Waals surface area contributed by atoms with Gasteiger partial charge in [0.05, 0.1) is 7.11 Å². The fourth-order valence-electron chi connectivity index (χ4n) is 2.60. The SMILES string of the molecule is COc1ccc(O[C@@H]2O[C@H](C(=O)O)[C@@H](O)[C@H](O)[C@H]2O)c(C(C)(C)C)c1. The molecule has 8 nitrogen and oxygen atoms in total. The molecule has 1 aliphatic heterocycles. The van der Waals surface area contributed by atoms with Crippen LogP contribution in [-0.4, -0.2) is 64.2 Å². The molecule has 25 heavy (non-hydrogen) atoms. The second kappa shape index (κ2) is 7.17. The monoisotopic (exact) mass is 356 g/mol. The molecule has 5 atom stereocenters. The van der Waals surface area contributed by atoms with E-state index in [-0.39, 0.29) is 5.41 Å². The lowest BCUT2D eigenvalue weighted by atomic mass is 9.86. The summed E-state index contributed by atoms with van der Waals surface area (Å²) >= 11 is 0. The summed E-state index contributed by atoms with van der Waals surface area (Å²) in [5.74, 6) is -0.496. The molecule has 140 valence electrons. The van der Waals surface area contributed by atoms with Gasteiger partial charge in [-0.3, -0.25) is 0 Å². The number of ether oxygens (including phenoxy) is 3. The first-order chi connectivity index (χ1) is 11.6. The lowest BCUT2D eigenvalue weighted by molar-refractivity contribution is -0.271. The fraction of sp³-hybridized carbons (Fsp3) is 0.588. The van der Waals surface area contributed by atoms with Gasteiger partial charge in [0, 0.05) is 5.56 Å². The molecule has 0 aliphatic carbocycles. The Labute approximate surface area is 145 Å². The standard InChI is InChI=1S/C17H24O8/c1-17(2,3)9-7-8(23-4)5-6-10(9)24-16-13(20)11(18)12(19)14(25-16)15(21)22/h5-7,11-14,16,18-20H,1-4H3,(H,21,22)/t11-,12-,13+,14-,16+/m0/s1. The van der Waals surface area contributed by atoms with Crippen molar-refractivity contribution < 1.29 is 39.4 Å². The van der Waals surface area contributed by atoms with E-state index in [9.17, 15) is 20.1 Å². The van der Waals surface area contributed by atoms with Crippen molar-refractivity contribution in [3.63, 3.8) is 0 Å². The molecular weight excluding hydrogens is 332 g/mol. The molecule has 0 bridgehead atoms. The van der Waals surface area contributed by atoms with Crippen molar-refractivity contribution in [3.8, 4) is 11.5 Å². The van der Waals surface area contributed by atoms with E-state index < -0.39 is 36.7 Å². The van der Waals surface area contributed by atoms with E-state index in [1.54, 1.807) is 18.2 Å². The Hall–Kier alpha value is -1.87. The third-order valence-electron chi connectivity index (χ3n) is 4.05. The molecule has 1 saturated heterocycles. The van der Waals surface area contributed by atoms with Crippen LogP contribution in [0.5, 0.6) is 11.5 Å². The van der Waals surface area contributed by atoms with Gasteiger partial charge in [0.1, 0.15) is 29.8 Å².